The highest BCUT2D eigenvalue weighted by Crippen LogP contribution is 2.21. The molecule has 1 N–H and O–H groups in total. The largest absolute Gasteiger partial charge is 0.484 e. The lowest BCUT2D eigenvalue weighted by molar-refractivity contribution is -0.153. The first kappa shape index (κ1) is 26.3. The molecule has 170 valence electrons. The molecule has 0 radical (unpaired) electrons. The first-order chi connectivity index (χ1) is 13.8. The lowest BCUT2D eigenvalue weighted by Gasteiger charge is -2.33. The van der Waals surface area contributed by atoms with Crippen LogP contribution >= 0.6 is 24.0 Å². The second-order valence-electron chi connectivity index (χ2n) is 6.73. The molecule has 0 saturated carbocycles. The Morgan fingerprint density at radius 2 is 1.97 bits per heavy atom. The number of alkyl halides is 3. The summed E-state index contributed by atoms with van der Waals surface area (Å²) in [6.45, 7) is 5.19. The molecule has 30 heavy (non-hydrogen) atoms. The van der Waals surface area contributed by atoms with Crippen LogP contribution in [0.25, 0.3) is 0 Å². The van der Waals surface area contributed by atoms with E-state index in [9.17, 15) is 18.0 Å². The van der Waals surface area contributed by atoms with Gasteiger partial charge in [-0.1, -0.05) is 12.1 Å². The minimum atomic E-state index is -4.37. The number of carbonyl (C=O) groups excluding carboxylic acids is 1. The Bertz CT molecular complexity index is 693. The summed E-state index contributed by atoms with van der Waals surface area (Å²) in [6.07, 6.45) is -2.98. The molecule has 1 fully saturated rings. The average Bonchev–Trinajstić information content (AvgIpc) is 2.70. The Hall–Kier alpha value is -1.72. The molecular weight excluding hydrogens is 514 g/mol. The number of benzene rings is 1. The fraction of sp³-hybridized carbons (Fsp3) is 0.600. The third-order valence-corrected chi connectivity index (χ3v) is 4.46. The van der Waals surface area contributed by atoms with E-state index in [1.54, 1.807) is 25.1 Å². The number of hydrogen-bond donors (Lipinski definition) is 1. The molecule has 6 nitrogen and oxygen atoms in total. The van der Waals surface area contributed by atoms with Crippen molar-refractivity contribution in [2.75, 3.05) is 32.8 Å². The van der Waals surface area contributed by atoms with Crippen LogP contribution in [0.3, 0.4) is 0 Å². The van der Waals surface area contributed by atoms with Crippen molar-refractivity contribution in [1.82, 2.24) is 10.2 Å². The predicted octanol–water partition coefficient (Wildman–Crippen LogP) is 3.99. The fourth-order valence-electron chi connectivity index (χ4n) is 3.08. The quantitative estimate of drug-likeness (QED) is 0.244. The number of nitrogens with zero attached hydrogens (tertiary/aromatic N) is 2. The molecule has 0 aromatic heterocycles. The molecule has 0 unspecified atom stereocenters. The maximum Gasteiger partial charge on any atom is 0.422 e. The Balaban J connectivity index is 0.00000450. The highest BCUT2D eigenvalue weighted by Gasteiger charge is 2.29. The topological polar surface area (TPSA) is 63.2 Å². The van der Waals surface area contributed by atoms with Crippen molar-refractivity contribution >= 4 is 35.9 Å². The fourth-order valence-corrected chi connectivity index (χ4v) is 3.08. The second-order valence-corrected chi connectivity index (χ2v) is 6.73. The first-order valence-corrected chi connectivity index (χ1v) is 9.80. The van der Waals surface area contributed by atoms with Gasteiger partial charge in [-0.05, 0) is 44.4 Å². The summed E-state index contributed by atoms with van der Waals surface area (Å²) in [5.74, 6) is 0.646. The van der Waals surface area contributed by atoms with Crippen LogP contribution in [0.15, 0.2) is 29.3 Å². The molecule has 1 aliphatic heterocycles. The zero-order valence-electron chi connectivity index (χ0n) is 17.2. The number of ether oxygens (including phenoxy) is 2. The van der Waals surface area contributed by atoms with Gasteiger partial charge < -0.3 is 19.7 Å². The molecule has 1 aromatic carbocycles. The lowest BCUT2D eigenvalue weighted by atomic mass is 9.97. The summed E-state index contributed by atoms with van der Waals surface area (Å²) in [4.78, 5) is 18.6. The predicted molar refractivity (Wildman–Crippen MR) is 119 cm³/mol. The molecular formula is C20H29F3IN3O3. The van der Waals surface area contributed by atoms with E-state index in [1.165, 1.54) is 6.07 Å². The molecule has 0 amide bonds. The summed E-state index contributed by atoms with van der Waals surface area (Å²) in [5, 5.41) is 3.23. The summed E-state index contributed by atoms with van der Waals surface area (Å²) in [7, 11) is 0. The molecule has 0 spiro atoms. The number of guanidine groups is 1. The molecule has 0 aliphatic carbocycles. The number of likely N-dealkylation sites (tertiary alicyclic amines) is 1. The van der Waals surface area contributed by atoms with Crippen molar-refractivity contribution in [3.05, 3.63) is 29.8 Å². The maximum atomic E-state index is 12.3. The smallest absolute Gasteiger partial charge is 0.422 e. The number of piperidine rings is 1. The van der Waals surface area contributed by atoms with E-state index in [4.69, 9.17) is 9.47 Å². The zero-order chi connectivity index (χ0) is 21.3. The number of nitrogens with one attached hydrogen (secondary N) is 1. The standard InChI is InChI=1S/C20H28F3N3O3.HI/c1-3-24-19(26-10-8-16(9-11-26)18(27)28-4-2)25-13-15-6-5-7-17(12-15)29-14-20(21,22)23;/h5-7,12,16H,3-4,8-11,13-14H2,1-2H3,(H,24,25);1H. The van der Waals surface area contributed by atoms with E-state index in [-0.39, 0.29) is 41.6 Å². The first-order valence-electron chi connectivity index (χ1n) is 9.80. The van der Waals surface area contributed by atoms with Crippen molar-refractivity contribution in [2.24, 2.45) is 10.9 Å². The van der Waals surface area contributed by atoms with Crippen LogP contribution in [-0.4, -0.2) is 55.9 Å². The number of halogens is 4. The van der Waals surface area contributed by atoms with E-state index in [0.717, 1.165) is 11.5 Å². The van der Waals surface area contributed by atoms with Gasteiger partial charge in [0.05, 0.1) is 19.1 Å². The van der Waals surface area contributed by atoms with Crippen LogP contribution in [0.4, 0.5) is 13.2 Å². The Labute approximate surface area is 192 Å². The van der Waals surface area contributed by atoms with Crippen LogP contribution in [-0.2, 0) is 16.1 Å². The Kier molecular flexibility index (Phi) is 11.3. The van der Waals surface area contributed by atoms with Gasteiger partial charge in [0.15, 0.2) is 12.6 Å². The minimum Gasteiger partial charge on any atom is -0.484 e. The third kappa shape index (κ3) is 8.97. The van der Waals surface area contributed by atoms with Crippen LogP contribution in [0.5, 0.6) is 5.75 Å². The molecule has 1 aromatic rings. The van der Waals surface area contributed by atoms with Crippen molar-refractivity contribution in [3.63, 3.8) is 0 Å². The van der Waals surface area contributed by atoms with Crippen LogP contribution < -0.4 is 10.1 Å². The minimum absolute atomic E-state index is 0. The van der Waals surface area contributed by atoms with E-state index < -0.39 is 12.8 Å². The molecule has 2 rings (SSSR count). The van der Waals surface area contributed by atoms with Crippen molar-refractivity contribution in [3.8, 4) is 5.75 Å². The van der Waals surface area contributed by atoms with Gasteiger partial charge in [0, 0.05) is 19.6 Å². The van der Waals surface area contributed by atoms with E-state index in [2.05, 4.69) is 15.2 Å². The zero-order valence-corrected chi connectivity index (χ0v) is 19.5. The lowest BCUT2D eigenvalue weighted by Crippen LogP contribution is -2.46. The van der Waals surface area contributed by atoms with E-state index in [0.29, 0.717) is 45.6 Å². The highest BCUT2D eigenvalue weighted by molar-refractivity contribution is 14.0. The van der Waals surface area contributed by atoms with E-state index in [1.807, 2.05) is 6.92 Å². The number of hydrogen-bond acceptors (Lipinski definition) is 4. The van der Waals surface area contributed by atoms with Gasteiger partial charge in [-0.3, -0.25) is 4.79 Å². The highest BCUT2D eigenvalue weighted by atomic mass is 127. The van der Waals surface area contributed by atoms with Crippen LogP contribution in [0, 0.1) is 5.92 Å². The average molecular weight is 543 g/mol. The van der Waals surface area contributed by atoms with Gasteiger partial charge >= 0.3 is 12.1 Å². The number of aliphatic imine (C=N–C) groups is 1. The van der Waals surface area contributed by atoms with Crippen molar-refractivity contribution in [2.45, 2.75) is 39.4 Å². The molecule has 0 atom stereocenters. The Morgan fingerprint density at radius 3 is 2.57 bits per heavy atom. The van der Waals surface area contributed by atoms with Gasteiger partial charge in [-0.2, -0.15) is 13.2 Å². The van der Waals surface area contributed by atoms with Crippen LogP contribution in [0.1, 0.15) is 32.3 Å². The summed E-state index contributed by atoms with van der Waals surface area (Å²) in [5.41, 5.74) is 0.751. The molecule has 1 aliphatic rings. The van der Waals surface area contributed by atoms with Gasteiger partial charge in [0.2, 0.25) is 0 Å². The SMILES string of the molecule is CCNC(=NCc1cccc(OCC(F)(F)F)c1)N1CCC(C(=O)OCC)CC1.I. The van der Waals surface area contributed by atoms with E-state index >= 15 is 0 Å². The molecule has 1 saturated heterocycles. The Morgan fingerprint density at radius 1 is 1.27 bits per heavy atom. The van der Waals surface area contributed by atoms with Crippen molar-refractivity contribution in [1.29, 1.82) is 0 Å². The summed E-state index contributed by atoms with van der Waals surface area (Å²) < 4.78 is 46.8. The van der Waals surface area contributed by atoms with Crippen molar-refractivity contribution < 1.29 is 27.4 Å². The molecule has 0 bridgehead atoms. The summed E-state index contributed by atoms with van der Waals surface area (Å²) in [6, 6.07) is 6.49. The van der Waals surface area contributed by atoms with Gasteiger partial charge in [0.25, 0.3) is 0 Å². The maximum absolute atomic E-state index is 12.3. The number of rotatable bonds is 7. The summed E-state index contributed by atoms with van der Waals surface area (Å²) >= 11 is 0. The third-order valence-electron chi connectivity index (χ3n) is 4.46. The molecule has 1 heterocycles. The van der Waals surface area contributed by atoms with Gasteiger partial charge in [0.1, 0.15) is 5.75 Å². The van der Waals surface area contributed by atoms with Gasteiger partial charge in [-0.25, -0.2) is 4.99 Å². The number of carbonyl (C=O) groups is 1. The normalized spacial score (nSPS) is 15.4. The monoisotopic (exact) mass is 543 g/mol. The van der Waals surface area contributed by atoms with Gasteiger partial charge in [-0.15, -0.1) is 24.0 Å². The van der Waals surface area contributed by atoms with Crippen LogP contribution in [0.2, 0.25) is 0 Å². The number of esters is 1. The second kappa shape index (κ2) is 12.9. The molecule has 10 heteroatoms.